The quantitative estimate of drug-likeness (QED) is 0.309. The van der Waals surface area contributed by atoms with Gasteiger partial charge in [-0.3, -0.25) is 0 Å². The van der Waals surface area contributed by atoms with Crippen molar-refractivity contribution >= 4 is 5.96 Å². The third-order valence-corrected chi connectivity index (χ3v) is 0.485. The zero-order chi connectivity index (χ0) is 6.69. The minimum atomic E-state index is -0.144. The summed E-state index contributed by atoms with van der Waals surface area (Å²) in [6.07, 6.45) is 0. The lowest BCUT2D eigenvalue weighted by molar-refractivity contribution is 0.600. The fourth-order valence-electron chi connectivity index (χ4n) is 0.268. The molecule has 0 bridgehead atoms. The Morgan fingerprint density at radius 1 is 1.22 bits per heavy atom. The van der Waals surface area contributed by atoms with Crippen LogP contribution >= 0.6 is 0 Å². The first-order chi connectivity index (χ1) is 4.29. The van der Waals surface area contributed by atoms with E-state index in [1.807, 2.05) is 0 Å². The monoisotopic (exact) mass is 128 g/mol. The molecule has 0 aliphatic carbocycles. The Hall–Kier alpha value is -1.73. The maximum absolute atomic E-state index is 4.96. The first-order valence-electron chi connectivity index (χ1n) is 2.00. The summed E-state index contributed by atoms with van der Waals surface area (Å²) in [5, 5.41) is 16.1. The molecule has 0 spiro atoms. The van der Waals surface area contributed by atoms with E-state index in [9.17, 15) is 0 Å². The van der Waals surface area contributed by atoms with Gasteiger partial charge in [-0.1, -0.05) is 5.10 Å². The van der Waals surface area contributed by atoms with Gasteiger partial charge in [-0.05, 0) is 25.8 Å². The van der Waals surface area contributed by atoms with Gasteiger partial charge in [0.05, 0.1) is 0 Å². The summed E-state index contributed by atoms with van der Waals surface area (Å²) in [5.74, 6) is -0.144. The highest BCUT2D eigenvalue weighted by molar-refractivity contribution is 5.75. The fourth-order valence-corrected chi connectivity index (χ4v) is 0.268. The molecule has 1 rings (SSSR count). The molecule has 9 heavy (non-hydrogen) atoms. The van der Waals surface area contributed by atoms with Gasteiger partial charge >= 0.3 is 0 Å². The van der Waals surface area contributed by atoms with Crippen molar-refractivity contribution in [3.63, 3.8) is 0 Å². The maximum Gasteiger partial charge on any atom is 0.213 e. The maximum atomic E-state index is 4.96. The fraction of sp³-hybridized carbons (Fsp3) is 0. The van der Waals surface area contributed by atoms with Crippen molar-refractivity contribution in [2.24, 2.45) is 16.6 Å². The Morgan fingerprint density at radius 2 is 1.78 bits per heavy atom. The second-order valence-electron chi connectivity index (χ2n) is 1.15. The zero-order valence-corrected chi connectivity index (χ0v) is 4.34. The topological polar surface area (TPSA) is 121 Å². The van der Waals surface area contributed by atoms with E-state index in [0.717, 1.165) is 4.91 Å². The first-order valence-corrected chi connectivity index (χ1v) is 2.00. The number of nitrogens with two attached hydrogens (primary N) is 2. The molecule has 4 N–H and O–H groups in total. The Kier molecular flexibility index (Phi) is 1.22. The standard InChI is InChI=1S/CH4N8/c2-1(3)4-9-7-5-6-8-9/h(H4,2,3,4). The van der Waals surface area contributed by atoms with E-state index in [2.05, 4.69) is 26.0 Å². The predicted molar refractivity (Wildman–Crippen MR) is 26.8 cm³/mol. The highest BCUT2D eigenvalue weighted by atomic mass is 15.8. The average molecular weight is 128 g/mol. The highest BCUT2D eigenvalue weighted by Gasteiger charge is 1.86. The van der Waals surface area contributed by atoms with Crippen LogP contribution in [0.2, 0.25) is 0 Å². The van der Waals surface area contributed by atoms with E-state index in [0.29, 0.717) is 0 Å². The molecule has 1 aromatic rings. The van der Waals surface area contributed by atoms with Gasteiger partial charge in [0.2, 0.25) is 5.96 Å². The van der Waals surface area contributed by atoms with Crippen LogP contribution in [0.5, 0.6) is 0 Å². The largest absolute Gasteiger partial charge is 0.368 e. The lowest BCUT2D eigenvalue weighted by atomic mass is 11.1. The summed E-state index contributed by atoms with van der Waals surface area (Å²) in [6.45, 7) is 0. The van der Waals surface area contributed by atoms with E-state index >= 15 is 0 Å². The SMILES string of the molecule is NC(N)=Nn1nnnn1. The molecule has 0 aliphatic rings. The molecule has 1 aromatic heterocycles. The Morgan fingerprint density at radius 3 is 2.22 bits per heavy atom. The number of aromatic nitrogens is 5. The molecule has 1 heterocycles. The molecule has 8 heteroatoms. The molecule has 48 valence electrons. The van der Waals surface area contributed by atoms with Crippen LogP contribution in [-0.2, 0) is 0 Å². The summed E-state index contributed by atoms with van der Waals surface area (Å²) in [6, 6.07) is 0. The summed E-state index contributed by atoms with van der Waals surface area (Å²) in [5.41, 5.74) is 9.91. The second-order valence-corrected chi connectivity index (χ2v) is 1.15. The molecular weight excluding hydrogens is 124 g/mol. The van der Waals surface area contributed by atoms with Crippen molar-refractivity contribution in [1.82, 2.24) is 25.8 Å². The molecule has 0 unspecified atom stereocenters. The van der Waals surface area contributed by atoms with E-state index in [-0.39, 0.29) is 5.96 Å². The van der Waals surface area contributed by atoms with Crippen molar-refractivity contribution in [2.45, 2.75) is 0 Å². The predicted octanol–water partition coefficient (Wildman–Crippen LogP) is -2.90. The van der Waals surface area contributed by atoms with Gasteiger partial charge in [-0.25, -0.2) is 0 Å². The first kappa shape index (κ1) is 5.41. The lowest BCUT2D eigenvalue weighted by Gasteiger charge is -1.84. The average Bonchev–Trinajstić information content (AvgIpc) is 2.15. The van der Waals surface area contributed by atoms with Crippen LogP contribution < -0.4 is 11.5 Å². The highest BCUT2D eigenvalue weighted by Crippen LogP contribution is 1.64. The zero-order valence-electron chi connectivity index (χ0n) is 4.34. The minimum Gasteiger partial charge on any atom is -0.368 e. The van der Waals surface area contributed by atoms with Crippen LogP contribution in [0.4, 0.5) is 0 Å². The van der Waals surface area contributed by atoms with E-state index in [1.54, 1.807) is 0 Å². The number of nitrogens with zero attached hydrogens (tertiary/aromatic N) is 6. The van der Waals surface area contributed by atoms with E-state index in [1.165, 1.54) is 0 Å². The van der Waals surface area contributed by atoms with Crippen LogP contribution in [0.1, 0.15) is 0 Å². The minimum absolute atomic E-state index is 0.144. The molecule has 0 fully saturated rings. The Bertz CT molecular complexity index is 190. The van der Waals surface area contributed by atoms with Crippen molar-refractivity contribution in [3.05, 3.63) is 0 Å². The normalized spacial score (nSPS) is 8.89. The van der Waals surface area contributed by atoms with Gasteiger partial charge in [0.25, 0.3) is 0 Å². The molecule has 8 nitrogen and oxygen atoms in total. The third-order valence-electron chi connectivity index (χ3n) is 0.485. The molecule has 0 saturated carbocycles. The van der Waals surface area contributed by atoms with Crippen LogP contribution in [0.15, 0.2) is 5.10 Å². The third kappa shape index (κ3) is 1.33. The molecule has 0 atom stereocenters. The van der Waals surface area contributed by atoms with Gasteiger partial charge in [0.15, 0.2) is 0 Å². The van der Waals surface area contributed by atoms with Crippen LogP contribution in [0.3, 0.4) is 0 Å². The Labute approximate surface area is 49.5 Å². The molecule has 0 aromatic carbocycles. The van der Waals surface area contributed by atoms with Gasteiger partial charge in [0, 0.05) is 0 Å². The smallest absolute Gasteiger partial charge is 0.213 e. The lowest BCUT2D eigenvalue weighted by Crippen LogP contribution is -2.24. The van der Waals surface area contributed by atoms with E-state index < -0.39 is 0 Å². The van der Waals surface area contributed by atoms with Crippen LogP contribution in [0.25, 0.3) is 0 Å². The van der Waals surface area contributed by atoms with Crippen molar-refractivity contribution in [3.8, 4) is 0 Å². The number of hydrogen-bond donors (Lipinski definition) is 2. The van der Waals surface area contributed by atoms with E-state index in [4.69, 9.17) is 11.5 Å². The molecule has 0 amide bonds. The van der Waals surface area contributed by atoms with Crippen molar-refractivity contribution < 1.29 is 0 Å². The van der Waals surface area contributed by atoms with Crippen LogP contribution in [-0.4, -0.2) is 31.7 Å². The summed E-state index contributed by atoms with van der Waals surface area (Å²) in [4.78, 5) is 0.815. The summed E-state index contributed by atoms with van der Waals surface area (Å²) in [7, 11) is 0. The molecule has 0 radical (unpaired) electrons. The van der Waals surface area contributed by atoms with Crippen LogP contribution in [0, 0.1) is 0 Å². The molecule has 0 saturated heterocycles. The van der Waals surface area contributed by atoms with Gasteiger partial charge in [-0.2, -0.15) is 0 Å². The Balaban J connectivity index is 2.80. The summed E-state index contributed by atoms with van der Waals surface area (Å²) < 4.78 is 0. The molecular formula is CH4N8. The number of rotatable bonds is 1. The summed E-state index contributed by atoms with van der Waals surface area (Å²) >= 11 is 0. The number of hydrogen-bond acceptors (Lipinski definition) is 5. The van der Waals surface area contributed by atoms with Gasteiger partial charge < -0.3 is 11.5 Å². The second kappa shape index (κ2) is 2.03. The molecule has 0 aliphatic heterocycles. The van der Waals surface area contributed by atoms with Gasteiger partial charge in [0.1, 0.15) is 0 Å². The van der Waals surface area contributed by atoms with Gasteiger partial charge in [-0.15, -0.1) is 0 Å². The van der Waals surface area contributed by atoms with Crippen molar-refractivity contribution in [1.29, 1.82) is 0 Å². The number of guanidine groups is 1. The van der Waals surface area contributed by atoms with Crippen molar-refractivity contribution in [2.75, 3.05) is 0 Å².